The maximum atomic E-state index is 12.5. The molecule has 0 radical (unpaired) electrons. The lowest BCUT2D eigenvalue weighted by molar-refractivity contribution is -0.136. The Kier molecular flexibility index (Phi) is 5.48. The summed E-state index contributed by atoms with van der Waals surface area (Å²) in [5.41, 5.74) is 1.89. The number of rotatable bonds is 3. The molecule has 2 saturated heterocycles. The van der Waals surface area contributed by atoms with Gasteiger partial charge >= 0.3 is 0 Å². The molecule has 2 amide bonds. The van der Waals surface area contributed by atoms with E-state index >= 15 is 0 Å². The molecular weight excluding hydrogens is 306 g/mol. The zero-order chi connectivity index (χ0) is 16.9. The Morgan fingerprint density at radius 3 is 2.17 bits per heavy atom. The predicted octanol–water partition coefficient (Wildman–Crippen LogP) is 0.612. The van der Waals surface area contributed by atoms with Crippen LogP contribution < -0.4 is 0 Å². The van der Waals surface area contributed by atoms with Gasteiger partial charge in [-0.25, -0.2) is 0 Å². The molecule has 0 N–H and O–H groups in total. The molecule has 0 unspecified atom stereocenters. The molecule has 130 valence electrons. The van der Waals surface area contributed by atoms with Crippen molar-refractivity contribution in [1.82, 2.24) is 14.7 Å². The monoisotopic (exact) mass is 331 g/mol. The first kappa shape index (κ1) is 16.9. The topological polar surface area (TPSA) is 53.1 Å². The van der Waals surface area contributed by atoms with Gasteiger partial charge in [-0.3, -0.25) is 14.5 Å². The van der Waals surface area contributed by atoms with Crippen LogP contribution in [0, 0.1) is 6.92 Å². The minimum absolute atomic E-state index is 0.0779. The van der Waals surface area contributed by atoms with E-state index in [1.54, 1.807) is 0 Å². The Morgan fingerprint density at radius 2 is 1.54 bits per heavy atom. The minimum atomic E-state index is 0.0779. The molecule has 24 heavy (non-hydrogen) atoms. The molecule has 2 aliphatic rings. The number of piperazine rings is 1. The summed E-state index contributed by atoms with van der Waals surface area (Å²) in [6.45, 7) is 7.91. The van der Waals surface area contributed by atoms with Gasteiger partial charge in [0.05, 0.1) is 19.8 Å². The van der Waals surface area contributed by atoms with Crippen molar-refractivity contribution in [2.75, 3.05) is 59.0 Å². The lowest BCUT2D eigenvalue weighted by atomic mass is 10.1. The van der Waals surface area contributed by atoms with E-state index in [0.29, 0.717) is 45.9 Å². The highest BCUT2D eigenvalue weighted by Crippen LogP contribution is 2.10. The van der Waals surface area contributed by atoms with Gasteiger partial charge in [-0.15, -0.1) is 0 Å². The first-order chi connectivity index (χ1) is 11.6. The van der Waals surface area contributed by atoms with Gasteiger partial charge in [0.15, 0.2) is 0 Å². The van der Waals surface area contributed by atoms with E-state index in [2.05, 4.69) is 4.90 Å². The zero-order valence-electron chi connectivity index (χ0n) is 14.2. The van der Waals surface area contributed by atoms with E-state index in [9.17, 15) is 9.59 Å². The summed E-state index contributed by atoms with van der Waals surface area (Å²) in [5.74, 6) is 0.241. The number of aryl methyl sites for hydroxylation is 1. The van der Waals surface area contributed by atoms with Crippen LogP contribution in [-0.2, 0) is 9.53 Å². The summed E-state index contributed by atoms with van der Waals surface area (Å²) >= 11 is 0. The van der Waals surface area contributed by atoms with Crippen LogP contribution in [0.5, 0.6) is 0 Å². The quantitative estimate of drug-likeness (QED) is 0.814. The minimum Gasteiger partial charge on any atom is -0.378 e. The fraction of sp³-hybridized carbons (Fsp3) is 0.556. The molecule has 2 heterocycles. The van der Waals surface area contributed by atoms with Crippen LogP contribution >= 0.6 is 0 Å². The first-order valence-electron chi connectivity index (χ1n) is 8.57. The molecule has 0 atom stereocenters. The van der Waals surface area contributed by atoms with Crippen molar-refractivity contribution in [3.63, 3.8) is 0 Å². The van der Waals surface area contributed by atoms with E-state index in [1.807, 2.05) is 41.0 Å². The summed E-state index contributed by atoms with van der Waals surface area (Å²) in [4.78, 5) is 30.7. The molecule has 6 nitrogen and oxygen atoms in total. The summed E-state index contributed by atoms with van der Waals surface area (Å²) in [7, 11) is 0. The highest BCUT2D eigenvalue weighted by atomic mass is 16.5. The molecule has 1 aromatic rings. The number of hydrogen-bond donors (Lipinski definition) is 0. The lowest BCUT2D eigenvalue weighted by Gasteiger charge is -2.36. The highest BCUT2D eigenvalue weighted by molar-refractivity contribution is 5.94. The number of carbonyl (C=O) groups excluding carboxylic acids is 2. The smallest absolute Gasteiger partial charge is 0.253 e. The standard InChI is InChI=1S/C18H25N3O3/c1-15-2-4-16(5-3-15)18(23)21-8-6-19(7-9-21)14-17(22)20-10-12-24-13-11-20/h2-5H,6-14H2,1H3. The van der Waals surface area contributed by atoms with Gasteiger partial charge in [0.1, 0.15) is 0 Å². The Bertz CT molecular complexity index is 574. The number of hydrogen-bond acceptors (Lipinski definition) is 4. The molecule has 0 aromatic heterocycles. The molecule has 0 aliphatic carbocycles. The number of carbonyl (C=O) groups is 2. The SMILES string of the molecule is Cc1ccc(C(=O)N2CCN(CC(=O)N3CCOCC3)CC2)cc1. The van der Waals surface area contributed by atoms with Gasteiger partial charge in [-0.1, -0.05) is 17.7 Å². The van der Waals surface area contributed by atoms with Gasteiger partial charge in [-0.2, -0.15) is 0 Å². The van der Waals surface area contributed by atoms with Gasteiger partial charge < -0.3 is 14.5 Å². The summed E-state index contributed by atoms with van der Waals surface area (Å²) in [6.07, 6.45) is 0. The third-order valence-electron chi connectivity index (χ3n) is 4.68. The second-order valence-electron chi connectivity index (χ2n) is 6.43. The normalized spacial score (nSPS) is 19.4. The van der Waals surface area contributed by atoms with Crippen LogP contribution in [0.1, 0.15) is 15.9 Å². The molecule has 6 heteroatoms. The average molecular weight is 331 g/mol. The van der Waals surface area contributed by atoms with Crippen molar-refractivity contribution in [3.05, 3.63) is 35.4 Å². The van der Waals surface area contributed by atoms with Crippen molar-refractivity contribution < 1.29 is 14.3 Å². The third kappa shape index (κ3) is 4.13. The molecule has 0 spiro atoms. The largest absolute Gasteiger partial charge is 0.378 e. The Hall–Kier alpha value is -1.92. The first-order valence-corrected chi connectivity index (χ1v) is 8.57. The lowest BCUT2D eigenvalue weighted by Crippen LogP contribution is -2.52. The number of morpholine rings is 1. The van der Waals surface area contributed by atoms with Crippen LogP contribution in [0.4, 0.5) is 0 Å². The molecule has 2 fully saturated rings. The van der Waals surface area contributed by atoms with Crippen molar-refractivity contribution in [2.45, 2.75) is 6.92 Å². The van der Waals surface area contributed by atoms with E-state index in [-0.39, 0.29) is 11.8 Å². The fourth-order valence-corrected chi connectivity index (χ4v) is 3.09. The third-order valence-corrected chi connectivity index (χ3v) is 4.68. The average Bonchev–Trinajstić information content (AvgIpc) is 2.63. The van der Waals surface area contributed by atoms with Crippen molar-refractivity contribution in [2.24, 2.45) is 0 Å². The van der Waals surface area contributed by atoms with Crippen LogP contribution in [-0.4, -0.2) is 85.5 Å². The molecule has 0 saturated carbocycles. The Labute approximate surface area is 143 Å². The molecular formula is C18H25N3O3. The van der Waals surface area contributed by atoms with E-state index in [4.69, 9.17) is 4.74 Å². The van der Waals surface area contributed by atoms with Gasteiger partial charge in [0.2, 0.25) is 5.91 Å². The van der Waals surface area contributed by atoms with Gasteiger partial charge in [0, 0.05) is 44.8 Å². The Balaban J connectivity index is 1.47. The van der Waals surface area contributed by atoms with Crippen molar-refractivity contribution >= 4 is 11.8 Å². The van der Waals surface area contributed by atoms with Crippen molar-refractivity contribution in [1.29, 1.82) is 0 Å². The van der Waals surface area contributed by atoms with E-state index < -0.39 is 0 Å². The summed E-state index contributed by atoms with van der Waals surface area (Å²) < 4.78 is 5.28. The molecule has 3 rings (SSSR count). The maximum absolute atomic E-state index is 12.5. The van der Waals surface area contributed by atoms with Crippen LogP contribution in [0.25, 0.3) is 0 Å². The zero-order valence-corrected chi connectivity index (χ0v) is 14.2. The second-order valence-corrected chi connectivity index (χ2v) is 6.43. The fourth-order valence-electron chi connectivity index (χ4n) is 3.09. The highest BCUT2D eigenvalue weighted by Gasteiger charge is 2.25. The van der Waals surface area contributed by atoms with Crippen LogP contribution in [0.2, 0.25) is 0 Å². The molecule has 2 aliphatic heterocycles. The van der Waals surface area contributed by atoms with Gasteiger partial charge in [0.25, 0.3) is 5.91 Å². The van der Waals surface area contributed by atoms with E-state index in [1.165, 1.54) is 0 Å². The van der Waals surface area contributed by atoms with Crippen molar-refractivity contribution in [3.8, 4) is 0 Å². The summed E-state index contributed by atoms with van der Waals surface area (Å²) in [5, 5.41) is 0. The number of ether oxygens (including phenoxy) is 1. The molecule has 1 aromatic carbocycles. The van der Waals surface area contributed by atoms with Crippen LogP contribution in [0.3, 0.4) is 0 Å². The van der Waals surface area contributed by atoms with Crippen LogP contribution in [0.15, 0.2) is 24.3 Å². The number of benzene rings is 1. The summed E-state index contributed by atoms with van der Waals surface area (Å²) in [6, 6.07) is 7.69. The number of amides is 2. The van der Waals surface area contributed by atoms with E-state index in [0.717, 1.165) is 24.2 Å². The second kappa shape index (κ2) is 7.77. The maximum Gasteiger partial charge on any atom is 0.253 e. The molecule has 0 bridgehead atoms. The Morgan fingerprint density at radius 1 is 0.917 bits per heavy atom. The van der Waals surface area contributed by atoms with Gasteiger partial charge in [-0.05, 0) is 19.1 Å². The predicted molar refractivity (Wildman–Crippen MR) is 90.9 cm³/mol. The number of nitrogens with zero attached hydrogens (tertiary/aromatic N) is 3.